The van der Waals surface area contributed by atoms with Gasteiger partial charge in [0.2, 0.25) is 0 Å². The Morgan fingerprint density at radius 2 is 2.14 bits per heavy atom. The van der Waals surface area contributed by atoms with Gasteiger partial charge in [0.05, 0.1) is 6.20 Å². The molecule has 2 aromatic heterocycles. The van der Waals surface area contributed by atoms with Gasteiger partial charge in [-0.25, -0.2) is 9.37 Å². The van der Waals surface area contributed by atoms with Crippen molar-refractivity contribution in [1.29, 1.82) is 0 Å². The number of ether oxygens (including phenoxy) is 1. The van der Waals surface area contributed by atoms with Crippen molar-refractivity contribution in [2.75, 3.05) is 25.4 Å². The van der Waals surface area contributed by atoms with Crippen LogP contribution < -0.4 is 10.5 Å². The Morgan fingerprint density at radius 3 is 2.93 bits per heavy atom. The van der Waals surface area contributed by atoms with Crippen molar-refractivity contribution in [1.82, 2.24) is 20.1 Å². The van der Waals surface area contributed by atoms with Crippen LogP contribution in [-0.4, -0.2) is 45.7 Å². The van der Waals surface area contributed by atoms with Crippen molar-refractivity contribution >= 4 is 11.7 Å². The first kappa shape index (κ1) is 18.0. The van der Waals surface area contributed by atoms with Crippen LogP contribution in [0.2, 0.25) is 0 Å². The summed E-state index contributed by atoms with van der Waals surface area (Å²) in [6.07, 6.45) is 4.27. The molecular weight excluding hydrogens is 361 g/mol. The lowest BCUT2D eigenvalue weighted by Gasteiger charge is -2.17. The van der Waals surface area contributed by atoms with Crippen molar-refractivity contribution < 1.29 is 13.9 Å². The van der Waals surface area contributed by atoms with E-state index in [1.165, 1.54) is 24.3 Å². The molecule has 1 atom stereocenters. The molecule has 1 aromatic carbocycles. The topological polar surface area (TPSA) is 97.1 Å². The number of nitrogens with zero attached hydrogens (tertiary/aromatic N) is 3. The van der Waals surface area contributed by atoms with Gasteiger partial charge >= 0.3 is 0 Å². The van der Waals surface area contributed by atoms with E-state index in [9.17, 15) is 9.18 Å². The number of carbonyl (C=O) groups excluding carboxylic acids is 1. The number of nitrogen functional groups attached to an aromatic ring is 1. The smallest absolute Gasteiger partial charge is 0.260 e. The summed E-state index contributed by atoms with van der Waals surface area (Å²) < 4.78 is 18.4. The molecule has 1 fully saturated rings. The van der Waals surface area contributed by atoms with Crippen molar-refractivity contribution in [2.24, 2.45) is 0 Å². The second kappa shape index (κ2) is 7.67. The highest BCUT2D eigenvalue weighted by atomic mass is 19.1. The lowest BCUT2D eigenvalue weighted by molar-refractivity contribution is -0.132. The number of anilines is 1. The standard InChI is InChI=1S/C20H20FN5O2/c21-15-1-3-16(4-2-15)28-12-19(27)26-8-6-14(11-26)20-17(10-24-25-20)13-5-7-23-18(22)9-13/h1-5,7,9-10,14H,6,8,11-12H2,(H2,22,23)(H,24,25)/t14-/m0/s1. The molecule has 7 nitrogen and oxygen atoms in total. The van der Waals surface area contributed by atoms with Crippen LogP contribution in [0.25, 0.3) is 11.1 Å². The average molecular weight is 381 g/mol. The average Bonchev–Trinajstić information content (AvgIpc) is 3.36. The highest BCUT2D eigenvalue weighted by Crippen LogP contribution is 2.33. The van der Waals surface area contributed by atoms with E-state index in [-0.39, 0.29) is 24.2 Å². The van der Waals surface area contributed by atoms with Gasteiger partial charge in [-0.3, -0.25) is 9.89 Å². The number of halogens is 1. The quantitative estimate of drug-likeness (QED) is 0.708. The highest BCUT2D eigenvalue weighted by Gasteiger charge is 2.30. The van der Waals surface area contributed by atoms with Crippen LogP contribution in [0.1, 0.15) is 18.0 Å². The molecule has 0 radical (unpaired) electrons. The number of likely N-dealkylation sites (tertiary alicyclic amines) is 1. The Bertz CT molecular complexity index is 973. The third kappa shape index (κ3) is 3.80. The molecular formula is C20H20FN5O2. The minimum Gasteiger partial charge on any atom is -0.484 e. The van der Waals surface area contributed by atoms with Gasteiger partial charge < -0.3 is 15.4 Å². The lowest BCUT2D eigenvalue weighted by Crippen LogP contribution is -2.32. The van der Waals surface area contributed by atoms with E-state index in [1.54, 1.807) is 17.3 Å². The fraction of sp³-hybridized carbons (Fsp3) is 0.250. The summed E-state index contributed by atoms with van der Waals surface area (Å²) in [6.45, 7) is 1.16. The van der Waals surface area contributed by atoms with Gasteiger partial charge in [-0.1, -0.05) is 0 Å². The first-order valence-electron chi connectivity index (χ1n) is 9.01. The largest absolute Gasteiger partial charge is 0.484 e. The predicted molar refractivity (Wildman–Crippen MR) is 102 cm³/mol. The molecule has 0 saturated carbocycles. The maximum absolute atomic E-state index is 12.9. The Morgan fingerprint density at radius 1 is 1.32 bits per heavy atom. The van der Waals surface area contributed by atoms with Crippen LogP contribution in [0.4, 0.5) is 10.2 Å². The molecule has 28 heavy (non-hydrogen) atoms. The Kier molecular flexibility index (Phi) is 4.92. The fourth-order valence-electron chi connectivity index (χ4n) is 3.44. The van der Waals surface area contributed by atoms with Crippen LogP contribution in [-0.2, 0) is 4.79 Å². The van der Waals surface area contributed by atoms with E-state index in [1.807, 2.05) is 12.1 Å². The highest BCUT2D eigenvalue weighted by molar-refractivity contribution is 5.78. The molecule has 3 N–H and O–H groups in total. The van der Waals surface area contributed by atoms with Gasteiger partial charge in [-0.2, -0.15) is 5.10 Å². The van der Waals surface area contributed by atoms with E-state index in [0.717, 1.165) is 23.2 Å². The zero-order valence-electron chi connectivity index (χ0n) is 15.1. The minimum atomic E-state index is -0.340. The van der Waals surface area contributed by atoms with Crippen molar-refractivity contribution in [3.63, 3.8) is 0 Å². The second-order valence-electron chi connectivity index (χ2n) is 6.73. The summed E-state index contributed by atoms with van der Waals surface area (Å²) in [4.78, 5) is 18.3. The zero-order chi connectivity index (χ0) is 19.5. The van der Waals surface area contributed by atoms with E-state index >= 15 is 0 Å². The Balaban J connectivity index is 1.40. The number of aromatic amines is 1. The number of rotatable bonds is 5. The summed E-state index contributed by atoms with van der Waals surface area (Å²) in [7, 11) is 0. The van der Waals surface area contributed by atoms with E-state index in [2.05, 4.69) is 15.2 Å². The number of pyridine rings is 1. The molecule has 0 bridgehead atoms. The molecule has 4 rings (SSSR count). The Hall–Kier alpha value is -3.42. The second-order valence-corrected chi connectivity index (χ2v) is 6.73. The minimum absolute atomic E-state index is 0.0743. The molecule has 8 heteroatoms. The van der Waals surface area contributed by atoms with Gasteiger partial charge in [0.15, 0.2) is 6.61 Å². The molecule has 1 aliphatic rings. The normalized spacial score (nSPS) is 16.3. The van der Waals surface area contributed by atoms with Gasteiger partial charge in [0, 0.05) is 36.5 Å². The number of carbonyl (C=O) groups is 1. The number of amides is 1. The molecule has 3 heterocycles. The first-order valence-corrected chi connectivity index (χ1v) is 9.01. The molecule has 1 amide bonds. The molecule has 0 unspecified atom stereocenters. The van der Waals surface area contributed by atoms with Crippen LogP contribution in [0.5, 0.6) is 5.75 Å². The van der Waals surface area contributed by atoms with E-state index < -0.39 is 0 Å². The predicted octanol–water partition coefficient (Wildman–Crippen LogP) is 2.59. The third-order valence-corrected chi connectivity index (χ3v) is 4.89. The van der Waals surface area contributed by atoms with Crippen LogP contribution >= 0.6 is 0 Å². The summed E-state index contributed by atoms with van der Waals surface area (Å²) >= 11 is 0. The van der Waals surface area contributed by atoms with Gasteiger partial charge in [-0.15, -0.1) is 0 Å². The monoisotopic (exact) mass is 381 g/mol. The van der Waals surface area contributed by atoms with E-state index in [4.69, 9.17) is 10.5 Å². The van der Waals surface area contributed by atoms with Crippen LogP contribution in [0.15, 0.2) is 48.8 Å². The van der Waals surface area contributed by atoms with Gasteiger partial charge in [-0.05, 0) is 48.4 Å². The fourth-order valence-corrected chi connectivity index (χ4v) is 3.44. The number of aromatic nitrogens is 3. The van der Waals surface area contributed by atoms with Crippen LogP contribution in [0, 0.1) is 5.82 Å². The maximum atomic E-state index is 12.9. The maximum Gasteiger partial charge on any atom is 0.260 e. The number of hydrogen-bond acceptors (Lipinski definition) is 5. The number of H-pyrrole nitrogens is 1. The molecule has 0 spiro atoms. The lowest BCUT2D eigenvalue weighted by atomic mass is 9.97. The number of hydrogen-bond donors (Lipinski definition) is 2. The summed E-state index contributed by atoms with van der Waals surface area (Å²) in [6, 6.07) is 9.32. The third-order valence-electron chi connectivity index (χ3n) is 4.89. The first-order chi connectivity index (χ1) is 13.6. The van der Waals surface area contributed by atoms with E-state index in [0.29, 0.717) is 24.7 Å². The number of nitrogens with one attached hydrogen (secondary N) is 1. The molecule has 1 aliphatic heterocycles. The molecule has 144 valence electrons. The zero-order valence-corrected chi connectivity index (χ0v) is 15.1. The van der Waals surface area contributed by atoms with Crippen LogP contribution in [0.3, 0.4) is 0 Å². The molecule has 3 aromatic rings. The summed E-state index contributed by atoms with van der Waals surface area (Å²) in [5, 5.41) is 7.25. The molecule has 1 saturated heterocycles. The summed E-state index contributed by atoms with van der Waals surface area (Å²) in [5.74, 6) is 0.637. The van der Waals surface area contributed by atoms with Gasteiger partial charge in [0.25, 0.3) is 5.91 Å². The number of benzene rings is 1. The Labute approximate surface area is 161 Å². The van der Waals surface area contributed by atoms with Gasteiger partial charge in [0.1, 0.15) is 17.4 Å². The van der Waals surface area contributed by atoms with Crippen molar-refractivity contribution in [2.45, 2.75) is 12.3 Å². The molecule has 0 aliphatic carbocycles. The summed E-state index contributed by atoms with van der Waals surface area (Å²) in [5.41, 5.74) is 8.69. The van der Waals surface area contributed by atoms with Crippen molar-refractivity contribution in [3.8, 4) is 16.9 Å². The van der Waals surface area contributed by atoms with Crippen molar-refractivity contribution in [3.05, 3.63) is 60.3 Å². The number of nitrogens with two attached hydrogens (primary N) is 1. The SMILES string of the molecule is Nc1cc(-c2cn[nH]c2[C@H]2CCN(C(=O)COc3ccc(F)cc3)C2)ccn1.